The number of hydrogen-bond acceptors (Lipinski definition) is 3. The van der Waals surface area contributed by atoms with E-state index in [-0.39, 0.29) is 0 Å². The lowest BCUT2D eigenvalue weighted by Gasteiger charge is -1.83. The Kier molecular flexibility index (Phi) is 1.75. The molecule has 0 spiro atoms. The standard InChI is InChI=1S/C5H7BrN2O/c1-2-3-4(6)5(7)9-8-3/h2,7H2,1H3. The van der Waals surface area contributed by atoms with E-state index in [9.17, 15) is 0 Å². The van der Waals surface area contributed by atoms with E-state index in [1.54, 1.807) is 0 Å². The normalized spacial score (nSPS) is 10.0. The molecule has 0 atom stereocenters. The highest BCUT2D eigenvalue weighted by Gasteiger charge is 2.06. The van der Waals surface area contributed by atoms with Crippen LogP contribution in [-0.2, 0) is 6.42 Å². The molecule has 0 bridgehead atoms. The molecule has 9 heavy (non-hydrogen) atoms. The van der Waals surface area contributed by atoms with E-state index in [0.717, 1.165) is 16.6 Å². The van der Waals surface area contributed by atoms with Crippen LogP contribution >= 0.6 is 15.9 Å². The molecule has 0 amide bonds. The highest BCUT2D eigenvalue weighted by Crippen LogP contribution is 2.22. The molecule has 1 aromatic rings. The van der Waals surface area contributed by atoms with Gasteiger partial charge >= 0.3 is 0 Å². The minimum atomic E-state index is 0.354. The van der Waals surface area contributed by atoms with Gasteiger partial charge in [-0.3, -0.25) is 0 Å². The van der Waals surface area contributed by atoms with Gasteiger partial charge in [0.25, 0.3) is 0 Å². The molecule has 1 heterocycles. The Labute approximate surface area is 61.3 Å². The van der Waals surface area contributed by atoms with E-state index in [1.165, 1.54) is 0 Å². The maximum absolute atomic E-state index is 5.34. The Morgan fingerprint density at radius 2 is 2.44 bits per heavy atom. The molecular weight excluding hydrogens is 184 g/mol. The van der Waals surface area contributed by atoms with Crippen molar-refractivity contribution < 1.29 is 4.52 Å². The summed E-state index contributed by atoms with van der Waals surface area (Å²) in [5.41, 5.74) is 6.21. The van der Waals surface area contributed by atoms with Crippen LogP contribution in [0.15, 0.2) is 9.00 Å². The molecule has 0 saturated heterocycles. The molecule has 1 aromatic heterocycles. The lowest BCUT2D eigenvalue weighted by atomic mass is 10.3. The second-order valence-corrected chi connectivity index (χ2v) is 2.45. The summed E-state index contributed by atoms with van der Waals surface area (Å²) < 4.78 is 5.45. The predicted molar refractivity (Wildman–Crippen MR) is 38.0 cm³/mol. The highest BCUT2D eigenvalue weighted by molar-refractivity contribution is 9.10. The zero-order chi connectivity index (χ0) is 6.85. The van der Waals surface area contributed by atoms with Crippen LogP contribution in [0.1, 0.15) is 12.6 Å². The second kappa shape index (κ2) is 2.39. The first-order valence-electron chi connectivity index (χ1n) is 2.65. The monoisotopic (exact) mass is 190 g/mol. The van der Waals surface area contributed by atoms with Crippen molar-refractivity contribution in [2.24, 2.45) is 0 Å². The van der Waals surface area contributed by atoms with Crippen LogP contribution in [0.2, 0.25) is 0 Å². The van der Waals surface area contributed by atoms with Gasteiger partial charge in [-0.2, -0.15) is 0 Å². The average molecular weight is 191 g/mol. The summed E-state index contributed by atoms with van der Waals surface area (Å²) >= 11 is 3.23. The number of halogens is 1. The van der Waals surface area contributed by atoms with Crippen LogP contribution in [0.5, 0.6) is 0 Å². The van der Waals surface area contributed by atoms with Gasteiger partial charge in [0.1, 0.15) is 4.47 Å². The molecule has 4 heteroatoms. The maximum Gasteiger partial charge on any atom is 0.236 e. The Morgan fingerprint density at radius 1 is 1.78 bits per heavy atom. The summed E-state index contributed by atoms with van der Waals surface area (Å²) in [7, 11) is 0. The third-order valence-electron chi connectivity index (χ3n) is 1.06. The first-order chi connectivity index (χ1) is 4.25. The molecule has 1 rings (SSSR count). The summed E-state index contributed by atoms with van der Waals surface area (Å²) in [6.45, 7) is 1.99. The molecule has 50 valence electrons. The van der Waals surface area contributed by atoms with Crippen LogP contribution in [-0.4, -0.2) is 5.16 Å². The van der Waals surface area contributed by atoms with Crippen molar-refractivity contribution in [2.45, 2.75) is 13.3 Å². The highest BCUT2D eigenvalue weighted by atomic mass is 79.9. The van der Waals surface area contributed by atoms with Crippen molar-refractivity contribution in [3.05, 3.63) is 10.2 Å². The first-order valence-corrected chi connectivity index (χ1v) is 3.44. The molecule has 0 aliphatic rings. The number of nitrogens with zero attached hydrogens (tertiary/aromatic N) is 1. The fourth-order valence-corrected chi connectivity index (χ4v) is 0.972. The minimum absolute atomic E-state index is 0.354. The lowest BCUT2D eigenvalue weighted by molar-refractivity contribution is 0.428. The average Bonchev–Trinajstić information content (AvgIpc) is 2.15. The topological polar surface area (TPSA) is 52.0 Å². The second-order valence-electron chi connectivity index (χ2n) is 1.66. The summed E-state index contributed by atoms with van der Waals surface area (Å²) in [6.07, 6.45) is 0.835. The molecule has 0 aromatic carbocycles. The number of aryl methyl sites for hydroxylation is 1. The molecular formula is C5H7BrN2O. The maximum atomic E-state index is 5.34. The Balaban J connectivity index is 3.04. The van der Waals surface area contributed by atoms with Crippen LogP contribution in [0.3, 0.4) is 0 Å². The molecule has 2 N–H and O–H groups in total. The van der Waals surface area contributed by atoms with Gasteiger partial charge in [-0.15, -0.1) is 0 Å². The van der Waals surface area contributed by atoms with E-state index in [2.05, 4.69) is 25.6 Å². The van der Waals surface area contributed by atoms with Gasteiger partial charge in [0, 0.05) is 0 Å². The van der Waals surface area contributed by atoms with E-state index in [4.69, 9.17) is 5.73 Å². The number of rotatable bonds is 1. The summed E-state index contributed by atoms with van der Waals surface area (Å²) in [5, 5.41) is 3.69. The summed E-state index contributed by atoms with van der Waals surface area (Å²) in [4.78, 5) is 0. The van der Waals surface area contributed by atoms with Gasteiger partial charge in [-0.05, 0) is 22.4 Å². The largest absolute Gasteiger partial charge is 0.367 e. The van der Waals surface area contributed by atoms with Crippen LogP contribution in [0, 0.1) is 0 Å². The van der Waals surface area contributed by atoms with Gasteiger partial charge in [0.05, 0.1) is 5.69 Å². The van der Waals surface area contributed by atoms with Gasteiger partial charge in [-0.1, -0.05) is 12.1 Å². The quantitative estimate of drug-likeness (QED) is 0.732. The zero-order valence-corrected chi connectivity index (χ0v) is 6.60. The van der Waals surface area contributed by atoms with Crippen LogP contribution in [0.4, 0.5) is 5.88 Å². The molecule has 0 radical (unpaired) electrons. The molecule has 0 aliphatic heterocycles. The van der Waals surface area contributed by atoms with E-state index < -0.39 is 0 Å². The third kappa shape index (κ3) is 1.08. The Bertz CT molecular complexity index is 209. The van der Waals surface area contributed by atoms with Crippen molar-refractivity contribution in [2.75, 3.05) is 5.73 Å². The fourth-order valence-electron chi connectivity index (χ4n) is 0.546. The fraction of sp³-hybridized carbons (Fsp3) is 0.400. The predicted octanol–water partition coefficient (Wildman–Crippen LogP) is 1.58. The van der Waals surface area contributed by atoms with E-state index >= 15 is 0 Å². The SMILES string of the molecule is CCc1noc(N)c1Br. The lowest BCUT2D eigenvalue weighted by Crippen LogP contribution is -1.81. The smallest absolute Gasteiger partial charge is 0.236 e. The summed E-state index contributed by atoms with van der Waals surface area (Å²) in [6, 6.07) is 0. The third-order valence-corrected chi connectivity index (χ3v) is 1.91. The molecule has 3 nitrogen and oxygen atoms in total. The Morgan fingerprint density at radius 3 is 2.67 bits per heavy atom. The number of anilines is 1. The molecule has 0 saturated carbocycles. The van der Waals surface area contributed by atoms with Crippen LogP contribution < -0.4 is 5.73 Å². The number of nitrogen functional groups attached to an aromatic ring is 1. The van der Waals surface area contributed by atoms with E-state index in [0.29, 0.717) is 5.88 Å². The van der Waals surface area contributed by atoms with Gasteiger partial charge < -0.3 is 10.3 Å². The molecule has 0 aliphatic carbocycles. The van der Waals surface area contributed by atoms with E-state index in [1.807, 2.05) is 6.92 Å². The first kappa shape index (κ1) is 6.61. The summed E-state index contributed by atoms with van der Waals surface area (Å²) in [5.74, 6) is 0.354. The van der Waals surface area contributed by atoms with Crippen molar-refractivity contribution in [1.82, 2.24) is 5.16 Å². The number of aromatic nitrogens is 1. The van der Waals surface area contributed by atoms with Crippen molar-refractivity contribution in [3.63, 3.8) is 0 Å². The molecule has 0 fully saturated rings. The Hall–Kier alpha value is -0.510. The van der Waals surface area contributed by atoms with Crippen LogP contribution in [0.25, 0.3) is 0 Å². The number of hydrogen-bond donors (Lipinski definition) is 1. The number of nitrogens with two attached hydrogens (primary N) is 1. The van der Waals surface area contributed by atoms with Gasteiger partial charge in [0.15, 0.2) is 0 Å². The van der Waals surface area contributed by atoms with Crippen molar-refractivity contribution in [3.8, 4) is 0 Å². The van der Waals surface area contributed by atoms with Gasteiger partial charge in [0.2, 0.25) is 5.88 Å². The van der Waals surface area contributed by atoms with Crippen molar-refractivity contribution >= 4 is 21.8 Å². The zero-order valence-electron chi connectivity index (χ0n) is 5.02. The minimum Gasteiger partial charge on any atom is -0.367 e. The van der Waals surface area contributed by atoms with Crippen molar-refractivity contribution in [1.29, 1.82) is 0 Å². The van der Waals surface area contributed by atoms with Gasteiger partial charge in [-0.25, -0.2) is 0 Å². The molecule has 0 unspecified atom stereocenters.